The van der Waals surface area contributed by atoms with Crippen LogP contribution in [0, 0.1) is 0 Å². The summed E-state index contributed by atoms with van der Waals surface area (Å²) in [5, 5.41) is 0. The van der Waals surface area contributed by atoms with Gasteiger partial charge in [-0.15, -0.1) is 0 Å². The maximum Gasteiger partial charge on any atom is 0.325 e. The van der Waals surface area contributed by atoms with E-state index in [0.717, 1.165) is 24.9 Å². The van der Waals surface area contributed by atoms with Crippen molar-refractivity contribution < 1.29 is 9.59 Å². The van der Waals surface area contributed by atoms with Gasteiger partial charge in [-0.1, -0.05) is 18.2 Å². The molecule has 1 saturated heterocycles. The van der Waals surface area contributed by atoms with Gasteiger partial charge < -0.3 is 10.6 Å². The molecule has 2 N–H and O–H groups in total. The zero-order valence-electron chi connectivity index (χ0n) is 12.3. The van der Waals surface area contributed by atoms with E-state index in [2.05, 4.69) is 0 Å². The van der Waals surface area contributed by atoms with Crippen molar-refractivity contribution >= 4 is 17.6 Å². The van der Waals surface area contributed by atoms with Crippen LogP contribution >= 0.6 is 0 Å². The fourth-order valence-electron chi connectivity index (χ4n) is 3.37. The standard InChI is InChI=1S/C16H21N3O2/c1-16(14(17)20)9-4-5-10-19(16)15(21)18-11-8-12-6-2-3-7-13(12)18/h2-3,6-7H,4-5,8-11H2,1H3,(H2,17,20)/t16-/m0/s1. The first kappa shape index (κ1) is 13.9. The Labute approximate surface area is 124 Å². The number of anilines is 1. The summed E-state index contributed by atoms with van der Waals surface area (Å²) in [5.41, 5.74) is 6.85. The van der Waals surface area contributed by atoms with Crippen molar-refractivity contribution in [1.29, 1.82) is 0 Å². The molecule has 2 aliphatic rings. The van der Waals surface area contributed by atoms with Crippen molar-refractivity contribution in [3.05, 3.63) is 29.8 Å². The van der Waals surface area contributed by atoms with Crippen LogP contribution < -0.4 is 10.6 Å². The topological polar surface area (TPSA) is 66.6 Å². The summed E-state index contributed by atoms with van der Waals surface area (Å²) in [5.74, 6) is -0.414. The Balaban J connectivity index is 1.90. The molecular weight excluding hydrogens is 266 g/mol. The maximum atomic E-state index is 12.9. The highest BCUT2D eigenvalue weighted by atomic mass is 16.2. The number of fused-ring (bicyclic) bond motifs is 1. The zero-order valence-corrected chi connectivity index (χ0v) is 12.3. The van der Waals surface area contributed by atoms with E-state index in [1.165, 1.54) is 5.56 Å². The molecule has 21 heavy (non-hydrogen) atoms. The molecule has 0 bridgehead atoms. The number of hydrogen-bond acceptors (Lipinski definition) is 2. The summed E-state index contributed by atoms with van der Waals surface area (Å²) in [6, 6.07) is 7.84. The minimum Gasteiger partial charge on any atom is -0.368 e. The molecule has 3 amide bonds. The molecule has 0 saturated carbocycles. The Morgan fingerprint density at radius 2 is 1.95 bits per heavy atom. The first-order valence-corrected chi connectivity index (χ1v) is 7.51. The van der Waals surface area contributed by atoms with Gasteiger partial charge in [-0.2, -0.15) is 0 Å². The lowest BCUT2D eigenvalue weighted by atomic mass is 9.88. The average molecular weight is 287 g/mol. The minimum absolute atomic E-state index is 0.0963. The van der Waals surface area contributed by atoms with Gasteiger partial charge in [0.1, 0.15) is 5.54 Å². The van der Waals surface area contributed by atoms with Crippen LogP contribution in [0.5, 0.6) is 0 Å². The molecule has 0 spiro atoms. The lowest BCUT2D eigenvalue weighted by molar-refractivity contribution is -0.129. The molecule has 112 valence electrons. The molecule has 2 aliphatic heterocycles. The number of para-hydroxylation sites is 1. The summed E-state index contributed by atoms with van der Waals surface area (Å²) in [4.78, 5) is 28.2. The number of hydrogen-bond donors (Lipinski definition) is 1. The number of nitrogens with zero attached hydrogens (tertiary/aromatic N) is 2. The van der Waals surface area contributed by atoms with Crippen molar-refractivity contribution in [2.45, 2.75) is 38.1 Å². The van der Waals surface area contributed by atoms with Gasteiger partial charge in [0.05, 0.1) is 0 Å². The highest BCUT2D eigenvalue weighted by Crippen LogP contribution is 2.33. The van der Waals surface area contributed by atoms with Gasteiger partial charge in [-0.05, 0) is 44.2 Å². The second-order valence-corrected chi connectivity index (χ2v) is 6.06. The number of likely N-dealkylation sites (tertiary alicyclic amines) is 1. The second kappa shape index (κ2) is 5.06. The number of carbonyl (C=O) groups excluding carboxylic acids is 2. The first-order chi connectivity index (χ1) is 10.0. The number of amides is 3. The number of carbonyl (C=O) groups is 2. The van der Waals surface area contributed by atoms with Gasteiger partial charge in [-0.3, -0.25) is 9.69 Å². The van der Waals surface area contributed by atoms with Crippen molar-refractivity contribution in [2.75, 3.05) is 18.0 Å². The van der Waals surface area contributed by atoms with E-state index in [9.17, 15) is 9.59 Å². The SMILES string of the molecule is C[C@@]1(C(N)=O)CCCCN1C(=O)N1CCc2ccccc21. The third-order valence-corrected chi connectivity index (χ3v) is 4.77. The second-order valence-electron chi connectivity index (χ2n) is 6.06. The molecule has 2 heterocycles. The molecule has 5 nitrogen and oxygen atoms in total. The molecule has 3 rings (SSSR count). The van der Waals surface area contributed by atoms with E-state index in [-0.39, 0.29) is 6.03 Å². The zero-order chi connectivity index (χ0) is 15.0. The molecular formula is C16H21N3O2. The minimum atomic E-state index is -0.868. The number of piperidine rings is 1. The highest BCUT2D eigenvalue weighted by molar-refractivity contribution is 5.98. The predicted molar refractivity (Wildman–Crippen MR) is 81.0 cm³/mol. The number of primary amides is 1. The van der Waals surface area contributed by atoms with Crippen LogP contribution in [0.3, 0.4) is 0 Å². The summed E-state index contributed by atoms with van der Waals surface area (Å²) < 4.78 is 0. The Bertz CT molecular complexity index is 587. The number of benzene rings is 1. The van der Waals surface area contributed by atoms with Crippen LogP contribution in [-0.2, 0) is 11.2 Å². The Kier molecular flexibility index (Phi) is 3.35. The van der Waals surface area contributed by atoms with E-state index < -0.39 is 11.4 Å². The van der Waals surface area contributed by atoms with Crippen molar-refractivity contribution in [1.82, 2.24) is 4.90 Å². The molecule has 0 aromatic heterocycles. The third kappa shape index (κ3) is 2.17. The Morgan fingerprint density at radius 1 is 1.19 bits per heavy atom. The molecule has 1 aromatic carbocycles. The first-order valence-electron chi connectivity index (χ1n) is 7.51. The summed E-state index contributed by atoms with van der Waals surface area (Å²) in [6.07, 6.45) is 3.36. The Hall–Kier alpha value is -2.04. The maximum absolute atomic E-state index is 12.9. The van der Waals surface area contributed by atoms with E-state index in [0.29, 0.717) is 19.5 Å². The summed E-state index contributed by atoms with van der Waals surface area (Å²) in [6.45, 7) is 3.05. The monoisotopic (exact) mass is 287 g/mol. The molecule has 1 atom stereocenters. The predicted octanol–water partition coefficient (Wildman–Crippen LogP) is 1.90. The quantitative estimate of drug-likeness (QED) is 0.857. The van der Waals surface area contributed by atoms with E-state index in [1.54, 1.807) is 16.7 Å². The van der Waals surface area contributed by atoms with Crippen LogP contribution in [0.25, 0.3) is 0 Å². The fourth-order valence-corrected chi connectivity index (χ4v) is 3.37. The van der Waals surface area contributed by atoms with Crippen LogP contribution in [0.4, 0.5) is 10.5 Å². The van der Waals surface area contributed by atoms with Crippen LogP contribution in [0.2, 0.25) is 0 Å². The van der Waals surface area contributed by atoms with Crippen molar-refractivity contribution in [3.63, 3.8) is 0 Å². The number of nitrogens with two attached hydrogens (primary N) is 1. The largest absolute Gasteiger partial charge is 0.368 e. The Morgan fingerprint density at radius 3 is 2.71 bits per heavy atom. The van der Waals surface area contributed by atoms with Crippen LogP contribution in [0.15, 0.2) is 24.3 Å². The van der Waals surface area contributed by atoms with Gasteiger partial charge in [0, 0.05) is 18.8 Å². The number of urea groups is 1. The van der Waals surface area contributed by atoms with Gasteiger partial charge in [0.15, 0.2) is 0 Å². The lowest BCUT2D eigenvalue weighted by Crippen LogP contribution is -2.62. The van der Waals surface area contributed by atoms with E-state index >= 15 is 0 Å². The number of rotatable bonds is 1. The molecule has 0 radical (unpaired) electrons. The summed E-state index contributed by atoms with van der Waals surface area (Å²) in [7, 11) is 0. The molecule has 0 aliphatic carbocycles. The molecule has 0 unspecified atom stereocenters. The third-order valence-electron chi connectivity index (χ3n) is 4.77. The fraction of sp³-hybridized carbons (Fsp3) is 0.500. The lowest BCUT2D eigenvalue weighted by Gasteiger charge is -2.44. The van der Waals surface area contributed by atoms with Crippen LogP contribution in [0.1, 0.15) is 31.7 Å². The van der Waals surface area contributed by atoms with Gasteiger partial charge in [0.2, 0.25) is 5.91 Å². The average Bonchev–Trinajstić information content (AvgIpc) is 2.91. The van der Waals surface area contributed by atoms with Crippen molar-refractivity contribution in [2.24, 2.45) is 5.73 Å². The van der Waals surface area contributed by atoms with E-state index in [1.807, 2.05) is 24.3 Å². The normalized spacial score (nSPS) is 24.8. The molecule has 1 fully saturated rings. The van der Waals surface area contributed by atoms with Crippen molar-refractivity contribution in [3.8, 4) is 0 Å². The summed E-state index contributed by atoms with van der Waals surface area (Å²) >= 11 is 0. The molecule has 5 heteroatoms. The van der Waals surface area contributed by atoms with Gasteiger partial charge in [0.25, 0.3) is 0 Å². The smallest absolute Gasteiger partial charge is 0.325 e. The van der Waals surface area contributed by atoms with Gasteiger partial charge >= 0.3 is 6.03 Å². The molecule has 1 aromatic rings. The highest BCUT2D eigenvalue weighted by Gasteiger charge is 2.44. The van der Waals surface area contributed by atoms with Gasteiger partial charge in [-0.25, -0.2) is 4.79 Å². The van der Waals surface area contributed by atoms with Crippen LogP contribution in [-0.4, -0.2) is 35.5 Å². The van der Waals surface area contributed by atoms with E-state index in [4.69, 9.17) is 5.73 Å².